The Bertz CT molecular complexity index is 785. The molecule has 0 aliphatic carbocycles. The van der Waals surface area contributed by atoms with E-state index in [1.165, 1.54) is 6.07 Å². The van der Waals surface area contributed by atoms with Gasteiger partial charge >= 0.3 is 5.88 Å². The molecule has 3 rings (SSSR count). The Morgan fingerprint density at radius 3 is 2.95 bits per heavy atom. The molecular weight excluding hydrogens is 304 g/mol. The van der Waals surface area contributed by atoms with Crippen LogP contribution in [0.5, 0.6) is 0 Å². The Hall–Kier alpha value is -2.19. The van der Waals surface area contributed by atoms with Crippen LogP contribution in [0.3, 0.4) is 0 Å². The molecule has 0 amide bonds. The summed E-state index contributed by atoms with van der Waals surface area (Å²) >= 11 is 7.21. The largest absolute Gasteiger partial charge is 0.433 e. The highest BCUT2D eigenvalue weighted by molar-refractivity contribution is 7.00. The van der Waals surface area contributed by atoms with Crippen molar-refractivity contribution in [3.63, 3.8) is 0 Å². The lowest BCUT2D eigenvalue weighted by atomic mass is 10.2. The summed E-state index contributed by atoms with van der Waals surface area (Å²) in [5.74, 6) is 0.148. The van der Waals surface area contributed by atoms with Crippen molar-refractivity contribution in [3.8, 4) is 0 Å². The van der Waals surface area contributed by atoms with Crippen molar-refractivity contribution in [2.75, 3.05) is 5.32 Å². The van der Waals surface area contributed by atoms with Crippen molar-refractivity contribution < 1.29 is 9.34 Å². The number of nitrogens with zero attached hydrogens (tertiary/aromatic N) is 3. The maximum absolute atomic E-state index is 10.5. The van der Waals surface area contributed by atoms with Crippen LogP contribution in [0.25, 0.3) is 11.0 Å². The van der Waals surface area contributed by atoms with E-state index in [1.807, 2.05) is 0 Å². The minimum Gasteiger partial charge on any atom is -0.404 e. The van der Waals surface area contributed by atoms with Gasteiger partial charge in [-0.15, -0.1) is 0 Å². The molecule has 0 saturated heterocycles. The smallest absolute Gasteiger partial charge is 0.404 e. The molecule has 1 N–H and O–H groups in total. The predicted molar refractivity (Wildman–Crippen MR) is 75.1 cm³/mol. The standard InChI is InChI=1S/C11H7ClN4O3S/c12-7-2-3-8-11(15-20-14-8)10(7)13-5-6-1-4-9(19-6)16(17)18/h1-4,13H,5H2. The van der Waals surface area contributed by atoms with Gasteiger partial charge in [0.25, 0.3) is 0 Å². The summed E-state index contributed by atoms with van der Waals surface area (Å²) in [5, 5.41) is 14.1. The molecule has 20 heavy (non-hydrogen) atoms. The second kappa shape index (κ2) is 5.06. The number of anilines is 1. The summed E-state index contributed by atoms with van der Waals surface area (Å²) in [7, 11) is 0. The van der Waals surface area contributed by atoms with Crippen LogP contribution in [0.4, 0.5) is 11.6 Å². The van der Waals surface area contributed by atoms with Gasteiger partial charge in [0.1, 0.15) is 21.7 Å². The molecule has 3 aromatic rings. The maximum Gasteiger partial charge on any atom is 0.433 e. The van der Waals surface area contributed by atoms with E-state index in [-0.39, 0.29) is 12.4 Å². The molecule has 1 aromatic carbocycles. The third kappa shape index (κ3) is 2.30. The number of hydrogen-bond acceptors (Lipinski definition) is 7. The highest BCUT2D eigenvalue weighted by Crippen LogP contribution is 2.30. The second-order valence-corrected chi connectivity index (χ2v) is 4.84. The van der Waals surface area contributed by atoms with Crippen LogP contribution >= 0.6 is 23.3 Å². The zero-order chi connectivity index (χ0) is 14.1. The first-order chi connectivity index (χ1) is 9.65. The Morgan fingerprint density at radius 2 is 2.20 bits per heavy atom. The van der Waals surface area contributed by atoms with Crippen molar-refractivity contribution in [3.05, 3.63) is 45.2 Å². The predicted octanol–water partition coefficient (Wildman–Crippen LogP) is 3.46. The zero-order valence-corrected chi connectivity index (χ0v) is 11.4. The van der Waals surface area contributed by atoms with Gasteiger partial charge in [0.05, 0.1) is 35.0 Å². The van der Waals surface area contributed by atoms with Gasteiger partial charge in [0.15, 0.2) is 0 Å². The van der Waals surface area contributed by atoms with Crippen LogP contribution in [-0.4, -0.2) is 13.7 Å². The molecule has 0 saturated carbocycles. The third-order valence-corrected chi connectivity index (χ3v) is 3.50. The maximum atomic E-state index is 10.5. The van der Waals surface area contributed by atoms with Gasteiger partial charge in [-0.2, -0.15) is 8.75 Å². The number of nitrogens with one attached hydrogen (secondary N) is 1. The summed E-state index contributed by atoms with van der Waals surface area (Å²) in [4.78, 5) is 9.95. The molecule has 2 heterocycles. The van der Waals surface area contributed by atoms with Crippen LogP contribution in [0.1, 0.15) is 5.76 Å². The lowest BCUT2D eigenvalue weighted by Crippen LogP contribution is -1.99. The number of benzene rings is 1. The molecule has 0 radical (unpaired) electrons. The van der Waals surface area contributed by atoms with E-state index >= 15 is 0 Å². The summed E-state index contributed by atoms with van der Waals surface area (Å²) in [6.07, 6.45) is 0. The number of rotatable bonds is 4. The SMILES string of the molecule is O=[N+]([O-])c1ccc(CNc2c(Cl)ccc3nsnc23)o1. The molecule has 0 fully saturated rings. The molecule has 7 nitrogen and oxygen atoms in total. The number of fused-ring (bicyclic) bond motifs is 1. The van der Waals surface area contributed by atoms with E-state index in [9.17, 15) is 10.1 Å². The normalized spacial score (nSPS) is 10.8. The molecule has 0 spiro atoms. The quantitative estimate of drug-likeness (QED) is 0.586. The molecule has 0 aliphatic rings. The number of aromatic nitrogens is 2. The van der Waals surface area contributed by atoms with Crippen molar-refractivity contribution in [1.29, 1.82) is 0 Å². The lowest BCUT2D eigenvalue weighted by molar-refractivity contribution is -0.402. The first-order valence-electron chi connectivity index (χ1n) is 5.53. The fourth-order valence-electron chi connectivity index (χ4n) is 1.73. The van der Waals surface area contributed by atoms with Crippen LogP contribution < -0.4 is 5.32 Å². The molecule has 0 aliphatic heterocycles. The number of nitro groups is 1. The van der Waals surface area contributed by atoms with Crippen molar-refractivity contribution in [2.24, 2.45) is 0 Å². The van der Waals surface area contributed by atoms with Gasteiger partial charge in [-0.05, 0) is 18.2 Å². The zero-order valence-electron chi connectivity index (χ0n) is 9.87. The summed E-state index contributed by atoms with van der Waals surface area (Å²) in [6, 6.07) is 6.35. The number of furan rings is 1. The van der Waals surface area contributed by atoms with Gasteiger partial charge in [-0.1, -0.05) is 11.6 Å². The lowest BCUT2D eigenvalue weighted by Gasteiger charge is -2.06. The van der Waals surface area contributed by atoms with E-state index in [2.05, 4.69) is 14.1 Å². The highest BCUT2D eigenvalue weighted by atomic mass is 35.5. The first kappa shape index (κ1) is 12.8. The van der Waals surface area contributed by atoms with Crippen molar-refractivity contribution in [1.82, 2.24) is 8.75 Å². The Kier molecular flexibility index (Phi) is 3.25. The molecule has 0 atom stereocenters. The summed E-state index contributed by atoms with van der Waals surface area (Å²) < 4.78 is 13.4. The Balaban J connectivity index is 1.84. The van der Waals surface area contributed by atoms with Crippen LogP contribution in [0, 0.1) is 10.1 Å². The van der Waals surface area contributed by atoms with Gasteiger partial charge in [-0.25, -0.2) is 0 Å². The molecule has 2 aromatic heterocycles. The van der Waals surface area contributed by atoms with Crippen LogP contribution in [0.2, 0.25) is 5.02 Å². The second-order valence-electron chi connectivity index (χ2n) is 3.90. The average molecular weight is 311 g/mol. The van der Waals surface area contributed by atoms with Gasteiger partial charge in [0.2, 0.25) is 0 Å². The van der Waals surface area contributed by atoms with E-state index in [0.29, 0.717) is 22.0 Å². The van der Waals surface area contributed by atoms with E-state index < -0.39 is 4.92 Å². The van der Waals surface area contributed by atoms with Crippen LogP contribution in [-0.2, 0) is 6.54 Å². The number of halogens is 1. The van der Waals surface area contributed by atoms with E-state index in [4.69, 9.17) is 16.0 Å². The fraction of sp³-hybridized carbons (Fsp3) is 0.0909. The van der Waals surface area contributed by atoms with Gasteiger partial charge in [-0.3, -0.25) is 10.1 Å². The van der Waals surface area contributed by atoms with Gasteiger partial charge < -0.3 is 9.73 Å². The molecular formula is C11H7ClN4O3S. The first-order valence-corrected chi connectivity index (χ1v) is 6.64. The fourth-order valence-corrected chi connectivity index (χ4v) is 2.49. The molecule has 102 valence electrons. The minimum absolute atomic E-state index is 0.268. The highest BCUT2D eigenvalue weighted by Gasteiger charge is 2.13. The summed E-state index contributed by atoms with van der Waals surface area (Å²) in [6.45, 7) is 0.268. The average Bonchev–Trinajstić information content (AvgIpc) is 3.05. The van der Waals surface area contributed by atoms with Crippen molar-refractivity contribution in [2.45, 2.75) is 6.54 Å². The molecule has 0 bridgehead atoms. The minimum atomic E-state index is -0.582. The Labute approximate surface area is 121 Å². The third-order valence-electron chi connectivity index (χ3n) is 2.64. The summed E-state index contributed by atoms with van der Waals surface area (Å²) in [5.41, 5.74) is 2.05. The number of hydrogen-bond donors (Lipinski definition) is 1. The topological polar surface area (TPSA) is 94.1 Å². The van der Waals surface area contributed by atoms with E-state index in [0.717, 1.165) is 17.2 Å². The van der Waals surface area contributed by atoms with Crippen LogP contribution in [0.15, 0.2) is 28.7 Å². The van der Waals surface area contributed by atoms with Crippen molar-refractivity contribution >= 4 is 45.9 Å². The van der Waals surface area contributed by atoms with E-state index in [1.54, 1.807) is 18.2 Å². The Morgan fingerprint density at radius 1 is 1.35 bits per heavy atom. The molecule has 9 heteroatoms. The molecule has 0 unspecified atom stereocenters. The van der Waals surface area contributed by atoms with Gasteiger partial charge in [0, 0.05) is 0 Å². The monoisotopic (exact) mass is 310 g/mol.